The van der Waals surface area contributed by atoms with Crippen LogP contribution in [0.1, 0.15) is 24.8 Å². The molecular weight excluding hydrogens is 399 g/mol. The lowest BCUT2D eigenvalue weighted by atomic mass is 10.1. The van der Waals surface area contributed by atoms with Crippen molar-refractivity contribution in [1.29, 1.82) is 0 Å². The van der Waals surface area contributed by atoms with E-state index in [0.29, 0.717) is 10.7 Å². The second-order valence-electron chi connectivity index (χ2n) is 6.86. The minimum atomic E-state index is -0.767. The molecular formula is C21H18Cl2N2O3. The van der Waals surface area contributed by atoms with Gasteiger partial charge in [0.25, 0.3) is 5.91 Å². The van der Waals surface area contributed by atoms with E-state index in [1.807, 2.05) is 12.1 Å². The fourth-order valence-corrected chi connectivity index (χ4v) is 4.16. The Labute approximate surface area is 172 Å². The number of nitrogens with zero attached hydrogens (tertiary/aromatic N) is 2. The van der Waals surface area contributed by atoms with Crippen molar-refractivity contribution >= 4 is 52.0 Å². The van der Waals surface area contributed by atoms with Crippen LogP contribution in [0.4, 0.5) is 11.4 Å². The molecule has 28 heavy (non-hydrogen) atoms. The Morgan fingerprint density at radius 1 is 0.821 bits per heavy atom. The van der Waals surface area contributed by atoms with Crippen molar-refractivity contribution in [3.8, 4) is 0 Å². The molecule has 2 heterocycles. The maximum Gasteiger partial charge on any atom is 0.301 e. The molecule has 0 spiro atoms. The predicted octanol–water partition coefficient (Wildman–Crippen LogP) is 4.83. The molecule has 0 aliphatic carbocycles. The monoisotopic (exact) mass is 416 g/mol. The third kappa shape index (κ3) is 3.25. The normalized spacial score (nSPS) is 17.6. The highest BCUT2D eigenvalue weighted by Gasteiger charge is 2.41. The van der Waals surface area contributed by atoms with E-state index >= 15 is 0 Å². The summed E-state index contributed by atoms with van der Waals surface area (Å²) >= 11 is 12.1. The van der Waals surface area contributed by atoms with E-state index < -0.39 is 17.6 Å². The van der Waals surface area contributed by atoms with E-state index in [-0.39, 0.29) is 16.2 Å². The molecule has 1 saturated heterocycles. The van der Waals surface area contributed by atoms with Crippen LogP contribution in [0.15, 0.2) is 48.2 Å². The van der Waals surface area contributed by atoms with Crippen molar-refractivity contribution in [3.63, 3.8) is 0 Å². The average Bonchev–Trinajstić information content (AvgIpc) is 2.92. The fraction of sp³-hybridized carbons (Fsp3) is 0.238. The maximum atomic E-state index is 12.9. The summed E-state index contributed by atoms with van der Waals surface area (Å²) in [5.41, 5.74) is 1.62. The largest absolute Gasteiger partial charge is 0.502 e. The second-order valence-corrected chi connectivity index (χ2v) is 7.70. The van der Waals surface area contributed by atoms with Crippen molar-refractivity contribution in [1.82, 2.24) is 0 Å². The van der Waals surface area contributed by atoms with Crippen molar-refractivity contribution in [2.45, 2.75) is 19.3 Å². The lowest BCUT2D eigenvalue weighted by molar-refractivity contribution is -0.121. The minimum Gasteiger partial charge on any atom is -0.502 e. The van der Waals surface area contributed by atoms with E-state index in [0.717, 1.165) is 36.5 Å². The summed E-state index contributed by atoms with van der Waals surface area (Å²) in [6.07, 6.45) is 3.56. The zero-order valence-corrected chi connectivity index (χ0v) is 16.5. The summed E-state index contributed by atoms with van der Waals surface area (Å²) in [6, 6.07) is 11.8. The third-order valence-electron chi connectivity index (χ3n) is 5.09. The van der Waals surface area contributed by atoms with Crippen LogP contribution in [0.5, 0.6) is 0 Å². The molecule has 0 radical (unpaired) electrons. The van der Waals surface area contributed by atoms with Crippen LogP contribution < -0.4 is 9.80 Å². The van der Waals surface area contributed by atoms with Crippen LogP contribution >= 0.6 is 23.2 Å². The Balaban J connectivity index is 1.63. The van der Waals surface area contributed by atoms with Crippen LogP contribution in [0.2, 0.25) is 10.0 Å². The molecule has 1 fully saturated rings. The van der Waals surface area contributed by atoms with E-state index in [4.69, 9.17) is 23.2 Å². The SMILES string of the molecule is O=C1C(O)=C(c2ccc(Cl)cc2Cl)C(=O)N1c1ccc(N2CCCCC2)cc1. The van der Waals surface area contributed by atoms with E-state index in [1.165, 1.54) is 18.6 Å². The number of piperidine rings is 1. The number of hydrogen-bond donors (Lipinski definition) is 1. The molecule has 7 heteroatoms. The second kappa shape index (κ2) is 7.49. The summed E-state index contributed by atoms with van der Waals surface area (Å²) in [7, 11) is 0. The number of benzene rings is 2. The third-order valence-corrected chi connectivity index (χ3v) is 5.64. The van der Waals surface area contributed by atoms with Crippen LogP contribution in [0, 0.1) is 0 Å². The summed E-state index contributed by atoms with van der Waals surface area (Å²) in [5.74, 6) is -2.00. The number of aliphatic hydroxyl groups is 1. The van der Waals surface area contributed by atoms with Crippen LogP contribution in [-0.2, 0) is 9.59 Å². The number of carbonyl (C=O) groups is 2. The van der Waals surface area contributed by atoms with Crippen molar-refractivity contribution in [3.05, 3.63) is 63.8 Å². The molecule has 0 unspecified atom stereocenters. The van der Waals surface area contributed by atoms with Gasteiger partial charge in [0.15, 0.2) is 5.76 Å². The van der Waals surface area contributed by atoms with Gasteiger partial charge in [0.2, 0.25) is 0 Å². The van der Waals surface area contributed by atoms with Gasteiger partial charge in [-0.25, -0.2) is 4.90 Å². The van der Waals surface area contributed by atoms with Gasteiger partial charge >= 0.3 is 5.91 Å². The summed E-state index contributed by atoms with van der Waals surface area (Å²) in [6.45, 7) is 2.00. The van der Waals surface area contributed by atoms with Crippen molar-refractivity contribution in [2.75, 3.05) is 22.9 Å². The van der Waals surface area contributed by atoms with Gasteiger partial charge in [-0.15, -0.1) is 0 Å². The number of anilines is 2. The molecule has 5 nitrogen and oxygen atoms in total. The quantitative estimate of drug-likeness (QED) is 0.728. The number of amides is 2. The van der Waals surface area contributed by atoms with E-state index in [2.05, 4.69) is 4.90 Å². The molecule has 2 aliphatic heterocycles. The van der Waals surface area contributed by atoms with Crippen LogP contribution in [0.3, 0.4) is 0 Å². The van der Waals surface area contributed by atoms with Gasteiger partial charge < -0.3 is 10.0 Å². The number of aliphatic hydroxyl groups excluding tert-OH is 1. The number of hydrogen-bond acceptors (Lipinski definition) is 4. The highest BCUT2D eigenvalue weighted by Crippen LogP contribution is 2.36. The van der Waals surface area contributed by atoms with Gasteiger partial charge in [-0.1, -0.05) is 29.3 Å². The van der Waals surface area contributed by atoms with E-state index in [1.54, 1.807) is 18.2 Å². The maximum absolute atomic E-state index is 12.9. The zero-order valence-electron chi connectivity index (χ0n) is 15.0. The topological polar surface area (TPSA) is 60.9 Å². The lowest BCUT2D eigenvalue weighted by Crippen LogP contribution is -2.32. The molecule has 2 aliphatic rings. The van der Waals surface area contributed by atoms with Gasteiger partial charge in [-0.05, 0) is 55.7 Å². The van der Waals surface area contributed by atoms with Gasteiger partial charge in [0, 0.05) is 29.4 Å². The number of imide groups is 1. The number of rotatable bonds is 3. The van der Waals surface area contributed by atoms with Gasteiger partial charge in [0.1, 0.15) is 0 Å². The Bertz CT molecular complexity index is 980. The average molecular weight is 417 g/mol. The Hall–Kier alpha value is -2.50. The van der Waals surface area contributed by atoms with Crippen molar-refractivity contribution < 1.29 is 14.7 Å². The zero-order chi connectivity index (χ0) is 19.8. The number of carbonyl (C=O) groups excluding carboxylic acids is 2. The summed E-state index contributed by atoms with van der Waals surface area (Å²) < 4.78 is 0. The van der Waals surface area contributed by atoms with Gasteiger partial charge in [0.05, 0.1) is 16.3 Å². The molecule has 2 aromatic rings. The molecule has 1 N–H and O–H groups in total. The lowest BCUT2D eigenvalue weighted by Gasteiger charge is -2.29. The van der Waals surface area contributed by atoms with Gasteiger partial charge in [-0.2, -0.15) is 0 Å². The molecule has 0 bridgehead atoms. The summed E-state index contributed by atoms with van der Waals surface area (Å²) in [4.78, 5) is 28.8. The predicted molar refractivity (Wildman–Crippen MR) is 111 cm³/mol. The molecule has 0 aromatic heterocycles. The first-order valence-corrected chi connectivity index (χ1v) is 9.85. The molecule has 144 valence electrons. The Morgan fingerprint density at radius 3 is 2.11 bits per heavy atom. The first-order chi connectivity index (χ1) is 13.5. The number of halogens is 2. The minimum absolute atomic E-state index is 0.119. The Morgan fingerprint density at radius 2 is 1.46 bits per heavy atom. The molecule has 0 atom stereocenters. The Kier molecular flexibility index (Phi) is 5.04. The molecule has 4 rings (SSSR count). The fourth-order valence-electron chi connectivity index (χ4n) is 3.65. The van der Waals surface area contributed by atoms with Crippen LogP contribution in [-0.4, -0.2) is 30.0 Å². The smallest absolute Gasteiger partial charge is 0.301 e. The molecule has 0 saturated carbocycles. The standard InChI is InChI=1S/C21H18Cl2N2O3/c22-13-4-9-16(17(23)12-13)18-19(26)21(28)25(20(18)27)15-7-5-14(6-8-15)24-10-2-1-3-11-24/h4-9,12,26H,1-3,10-11H2. The highest BCUT2D eigenvalue weighted by atomic mass is 35.5. The first-order valence-electron chi connectivity index (χ1n) is 9.10. The highest BCUT2D eigenvalue weighted by molar-refractivity contribution is 6.47. The van der Waals surface area contributed by atoms with Gasteiger partial charge in [-0.3, -0.25) is 9.59 Å². The van der Waals surface area contributed by atoms with E-state index in [9.17, 15) is 14.7 Å². The summed E-state index contributed by atoms with van der Waals surface area (Å²) in [5, 5.41) is 10.9. The molecule has 2 amide bonds. The van der Waals surface area contributed by atoms with Crippen molar-refractivity contribution in [2.24, 2.45) is 0 Å². The van der Waals surface area contributed by atoms with Crippen LogP contribution in [0.25, 0.3) is 5.57 Å². The molecule has 2 aromatic carbocycles. The first kappa shape index (κ1) is 18.8.